The summed E-state index contributed by atoms with van der Waals surface area (Å²) in [6.45, 7) is 7.13. The molecule has 0 amide bonds. The third kappa shape index (κ3) is 2.82. The van der Waals surface area contributed by atoms with Crippen molar-refractivity contribution in [2.24, 2.45) is 0 Å². The van der Waals surface area contributed by atoms with Crippen molar-refractivity contribution < 1.29 is 13.2 Å². The van der Waals surface area contributed by atoms with E-state index in [0.29, 0.717) is 19.6 Å². The maximum atomic E-state index is 12.1. The molecule has 0 saturated carbocycles. The zero-order valence-corrected chi connectivity index (χ0v) is 13.3. The molecular formula is C14H22N2O3S. The summed E-state index contributed by atoms with van der Waals surface area (Å²) in [6.07, 6.45) is -0.0603. The van der Waals surface area contributed by atoms with Gasteiger partial charge in [0.2, 0.25) is 0 Å². The molecule has 5 nitrogen and oxygen atoms in total. The van der Waals surface area contributed by atoms with Crippen LogP contribution in [0.3, 0.4) is 0 Å². The quantitative estimate of drug-likeness (QED) is 0.829. The summed E-state index contributed by atoms with van der Waals surface area (Å²) < 4.78 is 32.9. The van der Waals surface area contributed by atoms with Crippen molar-refractivity contribution >= 4 is 10.2 Å². The van der Waals surface area contributed by atoms with Crippen molar-refractivity contribution in [3.63, 3.8) is 0 Å². The molecular weight excluding hydrogens is 276 g/mol. The fraction of sp³-hybridized carbons (Fsp3) is 0.571. The highest BCUT2D eigenvalue weighted by Gasteiger charge is 2.39. The van der Waals surface area contributed by atoms with Crippen LogP contribution in [0.4, 0.5) is 0 Å². The molecule has 20 heavy (non-hydrogen) atoms. The zero-order valence-electron chi connectivity index (χ0n) is 12.5. The van der Waals surface area contributed by atoms with Crippen molar-refractivity contribution in [2.75, 3.05) is 26.7 Å². The van der Waals surface area contributed by atoms with Gasteiger partial charge in [-0.05, 0) is 25.0 Å². The zero-order chi connectivity index (χ0) is 14.9. The van der Waals surface area contributed by atoms with Crippen LogP contribution in [0.15, 0.2) is 18.2 Å². The molecule has 0 atom stereocenters. The van der Waals surface area contributed by atoms with Gasteiger partial charge in [-0.2, -0.15) is 17.0 Å². The predicted octanol–water partition coefficient (Wildman–Crippen LogP) is 1.56. The van der Waals surface area contributed by atoms with Gasteiger partial charge in [0.15, 0.2) is 0 Å². The Labute approximate surface area is 121 Å². The van der Waals surface area contributed by atoms with Crippen LogP contribution in [0, 0.1) is 13.8 Å². The molecule has 1 aliphatic heterocycles. The minimum atomic E-state index is -3.31. The first kappa shape index (κ1) is 15.3. The van der Waals surface area contributed by atoms with Gasteiger partial charge in [-0.3, -0.25) is 0 Å². The first-order valence-corrected chi connectivity index (χ1v) is 8.20. The molecule has 1 saturated heterocycles. The number of ether oxygens (including phenoxy) is 1. The van der Waals surface area contributed by atoms with E-state index in [2.05, 4.69) is 0 Å². The molecule has 0 N–H and O–H groups in total. The van der Waals surface area contributed by atoms with Gasteiger partial charge in [0.05, 0.1) is 13.1 Å². The highest BCUT2D eigenvalue weighted by atomic mass is 32.2. The molecule has 1 fully saturated rings. The highest BCUT2D eigenvalue weighted by molar-refractivity contribution is 7.86. The lowest BCUT2D eigenvalue weighted by Crippen LogP contribution is -2.59. The second kappa shape index (κ2) is 5.71. The summed E-state index contributed by atoms with van der Waals surface area (Å²) in [6, 6.07) is 5.99. The molecule has 2 rings (SSSR count). The Hall–Kier alpha value is -1.11. The lowest BCUT2D eigenvalue weighted by Gasteiger charge is -2.39. The minimum absolute atomic E-state index is 0.0603. The topological polar surface area (TPSA) is 49.9 Å². The Morgan fingerprint density at radius 2 is 1.85 bits per heavy atom. The van der Waals surface area contributed by atoms with Gasteiger partial charge in [-0.1, -0.05) is 25.1 Å². The van der Waals surface area contributed by atoms with Gasteiger partial charge in [0.1, 0.15) is 11.9 Å². The Kier molecular flexibility index (Phi) is 4.36. The van der Waals surface area contributed by atoms with Crippen LogP contribution in [0.5, 0.6) is 5.75 Å². The number of para-hydroxylation sites is 1. The maximum Gasteiger partial charge on any atom is 0.281 e. The normalized spacial score (nSPS) is 17.2. The summed E-state index contributed by atoms with van der Waals surface area (Å²) in [5.74, 6) is 0.874. The molecule has 0 aliphatic carbocycles. The second-order valence-electron chi connectivity index (χ2n) is 5.20. The van der Waals surface area contributed by atoms with Gasteiger partial charge in [-0.25, -0.2) is 0 Å². The lowest BCUT2D eigenvalue weighted by atomic mass is 10.1. The van der Waals surface area contributed by atoms with Crippen molar-refractivity contribution in [3.8, 4) is 5.75 Å². The van der Waals surface area contributed by atoms with Crippen LogP contribution >= 0.6 is 0 Å². The first-order valence-electron chi connectivity index (χ1n) is 6.80. The maximum absolute atomic E-state index is 12.1. The Morgan fingerprint density at radius 3 is 2.35 bits per heavy atom. The van der Waals surface area contributed by atoms with Crippen molar-refractivity contribution in [1.29, 1.82) is 0 Å². The predicted molar refractivity (Wildman–Crippen MR) is 79.1 cm³/mol. The summed E-state index contributed by atoms with van der Waals surface area (Å²) in [5, 5.41) is 0. The Balaban J connectivity index is 1.98. The molecule has 112 valence electrons. The summed E-state index contributed by atoms with van der Waals surface area (Å²) in [5.41, 5.74) is 2.16. The van der Waals surface area contributed by atoms with E-state index in [1.54, 1.807) is 7.05 Å². The van der Waals surface area contributed by atoms with Crippen LogP contribution in [0.25, 0.3) is 0 Å². The smallest absolute Gasteiger partial charge is 0.281 e. The SMILES string of the molecule is CCN(C)S(=O)(=O)N1CC(Oc2c(C)cccc2C)C1. The third-order valence-corrected chi connectivity index (χ3v) is 5.67. The largest absolute Gasteiger partial charge is 0.487 e. The number of rotatable bonds is 5. The number of benzene rings is 1. The average molecular weight is 298 g/mol. The molecule has 1 aromatic rings. The third-order valence-electron chi connectivity index (χ3n) is 3.67. The lowest BCUT2D eigenvalue weighted by molar-refractivity contribution is 0.0710. The van der Waals surface area contributed by atoms with Crippen LogP contribution in [0.1, 0.15) is 18.1 Å². The van der Waals surface area contributed by atoms with E-state index >= 15 is 0 Å². The van der Waals surface area contributed by atoms with E-state index in [1.165, 1.54) is 8.61 Å². The van der Waals surface area contributed by atoms with Crippen LogP contribution in [0.2, 0.25) is 0 Å². The van der Waals surface area contributed by atoms with E-state index in [0.717, 1.165) is 16.9 Å². The molecule has 0 bridgehead atoms. The molecule has 0 spiro atoms. The fourth-order valence-corrected chi connectivity index (χ4v) is 3.61. The van der Waals surface area contributed by atoms with Crippen molar-refractivity contribution in [3.05, 3.63) is 29.3 Å². The van der Waals surface area contributed by atoms with Gasteiger partial charge in [-0.15, -0.1) is 0 Å². The molecule has 0 unspecified atom stereocenters. The molecule has 6 heteroatoms. The molecule has 1 aromatic carbocycles. The molecule has 1 heterocycles. The molecule has 0 radical (unpaired) electrons. The van der Waals surface area contributed by atoms with Crippen LogP contribution in [-0.2, 0) is 10.2 Å². The van der Waals surface area contributed by atoms with E-state index in [4.69, 9.17) is 4.74 Å². The average Bonchev–Trinajstić information content (AvgIpc) is 2.34. The van der Waals surface area contributed by atoms with Gasteiger partial charge in [0.25, 0.3) is 10.2 Å². The number of hydrogen-bond donors (Lipinski definition) is 0. The summed E-state index contributed by atoms with van der Waals surface area (Å²) in [7, 11) is -1.72. The number of hydrogen-bond acceptors (Lipinski definition) is 3. The number of nitrogens with zero attached hydrogens (tertiary/aromatic N) is 2. The highest BCUT2D eigenvalue weighted by Crippen LogP contribution is 2.27. The van der Waals surface area contributed by atoms with Gasteiger partial charge < -0.3 is 4.74 Å². The van der Waals surface area contributed by atoms with Crippen LogP contribution in [-0.4, -0.2) is 49.8 Å². The van der Waals surface area contributed by atoms with Crippen molar-refractivity contribution in [2.45, 2.75) is 26.9 Å². The van der Waals surface area contributed by atoms with Gasteiger partial charge in [0, 0.05) is 13.6 Å². The van der Waals surface area contributed by atoms with E-state index in [9.17, 15) is 8.42 Å². The molecule has 0 aromatic heterocycles. The minimum Gasteiger partial charge on any atom is -0.487 e. The second-order valence-corrected chi connectivity index (χ2v) is 7.24. The fourth-order valence-electron chi connectivity index (χ4n) is 2.18. The number of aryl methyl sites for hydroxylation is 2. The van der Waals surface area contributed by atoms with E-state index in [1.807, 2.05) is 39.0 Å². The van der Waals surface area contributed by atoms with Crippen molar-refractivity contribution in [1.82, 2.24) is 8.61 Å². The monoisotopic (exact) mass is 298 g/mol. The Morgan fingerprint density at radius 1 is 1.30 bits per heavy atom. The van der Waals surface area contributed by atoms with E-state index < -0.39 is 10.2 Å². The van der Waals surface area contributed by atoms with Crippen LogP contribution < -0.4 is 4.74 Å². The summed E-state index contributed by atoms with van der Waals surface area (Å²) in [4.78, 5) is 0. The Bertz CT molecular complexity index is 560. The van der Waals surface area contributed by atoms with Gasteiger partial charge >= 0.3 is 0 Å². The molecule has 1 aliphatic rings. The standard InChI is InChI=1S/C14H22N2O3S/c1-5-15(4)20(17,18)16-9-13(10-16)19-14-11(2)7-6-8-12(14)3/h6-8,13H,5,9-10H2,1-4H3. The first-order chi connectivity index (χ1) is 9.36. The summed E-state index contributed by atoms with van der Waals surface area (Å²) >= 11 is 0. The van der Waals surface area contributed by atoms with E-state index in [-0.39, 0.29) is 6.10 Å².